The fourth-order valence-corrected chi connectivity index (χ4v) is 2.01. The lowest BCUT2D eigenvalue weighted by molar-refractivity contribution is 0.439. The Morgan fingerprint density at radius 3 is 2.35 bits per heavy atom. The predicted molar refractivity (Wildman–Crippen MR) is 82.1 cm³/mol. The van der Waals surface area contributed by atoms with Gasteiger partial charge < -0.3 is 10.5 Å². The number of hydrogen-bond donors (Lipinski definition) is 1. The van der Waals surface area contributed by atoms with E-state index >= 15 is 0 Å². The molecule has 0 amide bonds. The molecule has 0 aliphatic rings. The van der Waals surface area contributed by atoms with Crippen molar-refractivity contribution in [2.75, 3.05) is 0 Å². The molecule has 0 radical (unpaired) electrons. The van der Waals surface area contributed by atoms with Crippen LogP contribution in [-0.4, -0.2) is 4.98 Å². The molecule has 1 aromatic heterocycles. The van der Waals surface area contributed by atoms with Crippen molar-refractivity contribution in [2.24, 2.45) is 5.73 Å². The van der Waals surface area contributed by atoms with Gasteiger partial charge in [-0.25, -0.2) is 4.98 Å². The first-order chi connectivity index (χ1) is 9.38. The van der Waals surface area contributed by atoms with E-state index in [4.69, 9.17) is 10.5 Å². The second kappa shape index (κ2) is 5.63. The smallest absolute Gasteiger partial charge is 0.219 e. The molecule has 2 N–H and O–H groups in total. The van der Waals surface area contributed by atoms with E-state index in [2.05, 4.69) is 31.8 Å². The van der Waals surface area contributed by atoms with Gasteiger partial charge in [0, 0.05) is 23.9 Å². The molecular weight excluding hydrogens is 248 g/mol. The van der Waals surface area contributed by atoms with E-state index in [1.807, 2.05) is 37.3 Å². The molecule has 0 aliphatic heterocycles. The van der Waals surface area contributed by atoms with Gasteiger partial charge >= 0.3 is 0 Å². The van der Waals surface area contributed by atoms with E-state index in [0.717, 1.165) is 16.9 Å². The quantitative estimate of drug-likeness (QED) is 0.909. The summed E-state index contributed by atoms with van der Waals surface area (Å²) in [5, 5.41) is 0. The van der Waals surface area contributed by atoms with E-state index in [1.165, 1.54) is 0 Å². The van der Waals surface area contributed by atoms with Gasteiger partial charge in [0.1, 0.15) is 5.75 Å². The fourth-order valence-electron chi connectivity index (χ4n) is 2.01. The summed E-state index contributed by atoms with van der Waals surface area (Å²) in [6.07, 6.45) is 1.76. The highest BCUT2D eigenvalue weighted by atomic mass is 16.5. The molecule has 0 unspecified atom stereocenters. The number of benzene rings is 1. The Morgan fingerprint density at radius 1 is 1.10 bits per heavy atom. The number of rotatable bonds is 3. The van der Waals surface area contributed by atoms with Crippen molar-refractivity contribution in [3.63, 3.8) is 0 Å². The van der Waals surface area contributed by atoms with Crippen LogP contribution in [0.25, 0.3) is 0 Å². The van der Waals surface area contributed by atoms with Crippen LogP contribution in [0, 0.1) is 0 Å². The molecule has 0 saturated carbocycles. The van der Waals surface area contributed by atoms with Gasteiger partial charge in [-0.1, -0.05) is 45.0 Å². The summed E-state index contributed by atoms with van der Waals surface area (Å²) in [5.74, 6) is 1.44. The van der Waals surface area contributed by atoms with Gasteiger partial charge in [-0.05, 0) is 24.0 Å². The number of ether oxygens (including phenoxy) is 1. The van der Waals surface area contributed by atoms with Crippen LogP contribution in [0.2, 0.25) is 0 Å². The summed E-state index contributed by atoms with van der Waals surface area (Å²) in [6.45, 7) is 8.44. The molecule has 3 heteroatoms. The summed E-state index contributed by atoms with van der Waals surface area (Å²) in [6, 6.07) is 11.9. The zero-order valence-corrected chi connectivity index (χ0v) is 12.6. The van der Waals surface area contributed by atoms with Gasteiger partial charge in [0.25, 0.3) is 0 Å². The Labute approximate surface area is 120 Å². The summed E-state index contributed by atoms with van der Waals surface area (Å²) in [4.78, 5) is 4.32. The van der Waals surface area contributed by atoms with Crippen LogP contribution in [-0.2, 0) is 5.41 Å². The summed E-state index contributed by atoms with van der Waals surface area (Å²) in [5.41, 5.74) is 8.01. The molecule has 106 valence electrons. The lowest BCUT2D eigenvalue weighted by atomic mass is 9.86. The van der Waals surface area contributed by atoms with Crippen molar-refractivity contribution in [2.45, 2.75) is 39.2 Å². The largest absolute Gasteiger partial charge is 0.439 e. The lowest BCUT2D eigenvalue weighted by Crippen LogP contribution is -2.12. The minimum atomic E-state index is -0.0154. The SMILES string of the molecule is C[C@@H](N)c1ccc(Oc2ccccc2C(C)(C)C)nc1. The Hall–Kier alpha value is -1.87. The number of pyridine rings is 1. The van der Waals surface area contributed by atoms with Crippen LogP contribution in [0.5, 0.6) is 11.6 Å². The van der Waals surface area contributed by atoms with Gasteiger partial charge in [-0.3, -0.25) is 0 Å². The maximum atomic E-state index is 5.92. The van der Waals surface area contributed by atoms with Crippen molar-refractivity contribution >= 4 is 0 Å². The first-order valence-electron chi connectivity index (χ1n) is 6.87. The fraction of sp³-hybridized carbons (Fsp3) is 0.353. The van der Waals surface area contributed by atoms with Gasteiger partial charge in [-0.15, -0.1) is 0 Å². The van der Waals surface area contributed by atoms with Gasteiger partial charge in [0.15, 0.2) is 0 Å². The van der Waals surface area contributed by atoms with Gasteiger partial charge in [0.2, 0.25) is 5.88 Å². The van der Waals surface area contributed by atoms with Crippen LogP contribution in [0.15, 0.2) is 42.6 Å². The molecule has 0 fully saturated rings. The van der Waals surface area contributed by atoms with E-state index in [1.54, 1.807) is 6.20 Å². The third-order valence-electron chi connectivity index (χ3n) is 3.19. The third kappa shape index (κ3) is 3.36. The molecule has 0 spiro atoms. The topological polar surface area (TPSA) is 48.1 Å². The standard InChI is InChI=1S/C17H22N2O/c1-12(18)13-9-10-16(19-11-13)20-15-8-6-5-7-14(15)17(2,3)4/h5-12H,18H2,1-4H3/t12-/m1/s1. The predicted octanol–water partition coefficient (Wildman–Crippen LogP) is 4.19. The van der Waals surface area contributed by atoms with E-state index in [-0.39, 0.29) is 11.5 Å². The summed E-state index contributed by atoms with van der Waals surface area (Å²) in [7, 11) is 0. The highest BCUT2D eigenvalue weighted by Crippen LogP contribution is 2.33. The Bertz CT molecular complexity index is 568. The molecule has 2 rings (SSSR count). The average molecular weight is 270 g/mol. The molecule has 0 saturated heterocycles. The zero-order valence-electron chi connectivity index (χ0n) is 12.6. The van der Waals surface area contributed by atoms with E-state index in [9.17, 15) is 0 Å². The molecule has 1 atom stereocenters. The maximum Gasteiger partial charge on any atom is 0.219 e. The zero-order chi connectivity index (χ0) is 14.8. The highest BCUT2D eigenvalue weighted by Gasteiger charge is 2.18. The third-order valence-corrected chi connectivity index (χ3v) is 3.19. The maximum absolute atomic E-state index is 5.92. The van der Waals surface area contributed by atoms with E-state index < -0.39 is 0 Å². The van der Waals surface area contributed by atoms with Gasteiger partial charge in [0.05, 0.1) is 0 Å². The molecule has 0 aliphatic carbocycles. The Kier molecular flexibility index (Phi) is 4.09. The summed E-state index contributed by atoms with van der Waals surface area (Å²) < 4.78 is 5.92. The molecule has 0 bridgehead atoms. The number of nitrogens with zero attached hydrogens (tertiary/aromatic N) is 1. The molecule has 1 aromatic carbocycles. The van der Waals surface area contributed by atoms with E-state index in [0.29, 0.717) is 5.88 Å². The number of para-hydroxylation sites is 1. The van der Waals surface area contributed by atoms with Crippen LogP contribution in [0.3, 0.4) is 0 Å². The minimum absolute atomic E-state index is 0.0154. The first-order valence-corrected chi connectivity index (χ1v) is 6.87. The molecular formula is C17H22N2O. The number of nitrogens with two attached hydrogens (primary N) is 1. The molecule has 2 aromatic rings. The molecule has 20 heavy (non-hydrogen) atoms. The van der Waals surface area contributed by atoms with Crippen molar-refractivity contribution in [3.05, 3.63) is 53.7 Å². The first kappa shape index (κ1) is 14.5. The molecule has 1 heterocycles. The number of hydrogen-bond acceptors (Lipinski definition) is 3. The normalized spacial score (nSPS) is 13.1. The highest BCUT2D eigenvalue weighted by molar-refractivity contribution is 5.40. The van der Waals surface area contributed by atoms with Crippen molar-refractivity contribution in [3.8, 4) is 11.6 Å². The van der Waals surface area contributed by atoms with Crippen molar-refractivity contribution in [1.29, 1.82) is 0 Å². The second-order valence-corrected chi connectivity index (χ2v) is 6.07. The van der Waals surface area contributed by atoms with Crippen LogP contribution in [0.4, 0.5) is 0 Å². The van der Waals surface area contributed by atoms with Crippen LogP contribution >= 0.6 is 0 Å². The van der Waals surface area contributed by atoms with Gasteiger partial charge in [-0.2, -0.15) is 0 Å². The Balaban J connectivity index is 2.26. The molecule has 3 nitrogen and oxygen atoms in total. The average Bonchev–Trinajstić information content (AvgIpc) is 2.38. The number of aromatic nitrogens is 1. The van der Waals surface area contributed by atoms with Crippen molar-refractivity contribution < 1.29 is 4.74 Å². The summed E-state index contributed by atoms with van der Waals surface area (Å²) >= 11 is 0. The van der Waals surface area contributed by atoms with Crippen molar-refractivity contribution in [1.82, 2.24) is 4.98 Å². The van der Waals surface area contributed by atoms with Crippen LogP contribution < -0.4 is 10.5 Å². The lowest BCUT2D eigenvalue weighted by Gasteiger charge is -2.22. The second-order valence-electron chi connectivity index (χ2n) is 6.07. The van der Waals surface area contributed by atoms with Crippen LogP contribution in [0.1, 0.15) is 44.9 Å². The Morgan fingerprint density at radius 2 is 1.80 bits per heavy atom. The monoisotopic (exact) mass is 270 g/mol. The minimum Gasteiger partial charge on any atom is -0.439 e.